The summed E-state index contributed by atoms with van der Waals surface area (Å²) in [7, 11) is 0. The number of amides is 1. The molecule has 9 nitrogen and oxygen atoms in total. The molecule has 0 aromatic rings. The van der Waals surface area contributed by atoms with Crippen LogP contribution in [0.2, 0.25) is 0 Å². The summed E-state index contributed by atoms with van der Waals surface area (Å²) >= 11 is 0. The minimum absolute atomic E-state index is 0.184. The van der Waals surface area contributed by atoms with Crippen molar-refractivity contribution in [3.8, 4) is 0 Å². The summed E-state index contributed by atoms with van der Waals surface area (Å²) in [6.45, 7) is 4.92. The van der Waals surface area contributed by atoms with Crippen LogP contribution in [0.25, 0.3) is 0 Å². The summed E-state index contributed by atoms with van der Waals surface area (Å²) in [5.74, 6) is -3.17. The summed E-state index contributed by atoms with van der Waals surface area (Å²) in [5, 5.41) is 12.2. The predicted molar refractivity (Wildman–Crippen MR) is 127 cm³/mol. The number of carbonyl (C=O) groups excluding carboxylic acids is 4. The topological polar surface area (TPSA) is 136 Å². The van der Waals surface area contributed by atoms with E-state index >= 15 is 0 Å². The van der Waals surface area contributed by atoms with E-state index in [2.05, 4.69) is 12.2 Å². The smallest absolute Gasteiger partial charge is 0.336 e. The Morgan fingerprint density at radius 3 is 1.79 bits per heavy atom. The van der Waals surface area contributed by atoms with Crippen molar-refractivity contribution in [1.29, 1.82) is 0 Å². The molecule has 2 atom stereocenters. The van der Waals surface area contributed by atoms with Crippen LogP contribution in [0.15, 0.2) is 0 Å². The maximum absolute atomic E-state index is 12.1. The van der Waals surface area contributed by atoms with Crippen LogP contribution in [0.3, 0.4) is 0 Å². The fourth-order valence-electron chi connectivity index (χ4n) is 3.83. The monoisotopic (exact) mass is 485 g/mol. The third-order valence-corrected chi connectivity index (χ3v) is 5.62. The van der Waals surface area contributed by atoms with Gasteiger partial charge in [-0.1, -0.05) is 51.9 Å². The quantitative estimate of drug-likeness (QED) is 0.194. The Morgan fingerprint density at radius 2 is 1.32 bits per heavy atom. The lowest BCUT2D eigenvalue weighted by Gasteiger charge is -2.36. The SMILES string of the molecule is CCCCCCC(=O)CCCCCCCC[C@@H](OC(C)=O)[C@@](COC(C)=O)(NC(C)=O)C(=O)O. The van der Waals surface area contributed by atoms with E-state index in [0.29, 0.717) is 25.0 Å². The molecular formula is C25H43NO8. The molecule has 0 heterocycles. The molecule has 0 aromatic carbocycles. The number of rotatable bonds is 20. The molecule has 1 amide bonds. The van der Waals surface area contributed by atoms with Gasteiger partial charge < -0.3 is 19.9 Å². The number of hydrogen-bond donors (Lipinski definition) is 2. The Kier molecular flexibility index (Phi) is 16.7. The maximum atomic E-state index is 12.1. The van der Waals surface area contributed by atoms with Crippen LogP contribution in [-0.2, 0) is 33.4 Å². The number of ether oxygens (including phenoxy) is 2. The van der Waals surface area contributed by atoms with Gasteiger partial charge in [0.1, 0.15) is 18.5 Å². The third kappa shape index (κ3) is 14.0. The van der Waals surface area contributed by atoms with E-state index in [1.807, 2.05) is 0 Å². The first kappa shape index (κ1) is 31.6. The zero-order chi connectivity index (χ0) is 26.0. The highest BCUT2D eigenvalue weighted by Crippen LogP contribution is 2.23. The number of esters is 2. The number of ketones is 1. The molecule has 0 saturated heterocycles. The number of nitrogens with one attached hydrogen (secondary N) is 1. The number of carboxylic acids is 1. The molecule has 0 radical (unpaired) electrons. The van der Waals surface area contributed by atoms with Crippen LogP contribution in [0.1, 0.15) is 111 Å². The van der Waals surface area contributed by atoms with Crippen molar-refractivity contribution in [2.75, 3.05) is 6.61 Å². The summed E-state index contributed by atoms with van der Waals surface area (Å²) in [5.41, 5.74) is -2.07. The van der Waals surface area contributed by atoms with Gasteiger partial charge in [0.05, 0.1) is 0 Å². The van der Waals surface area contributed by atoms with E-state index in [1.165, 1.54) is 6.42 Å². The lowest BCUT2D eigenvalue weighted by Crippen LogP contribution is -2.65. The van der Waals surface area contributed by atoms with Crippen LogP contribution >= 0.6 is 0 Å². The standard InChI is InChI=1S/C25H43NO8/c1-5-6-7-12-15-22(30)16-13-10-8-9-11-14-17-23(34-21(4)29)25(24(31)32,26-19(2)27)18-33-20(3)28/h23H,5-18H2,1-4H3,(H,26,27)(H,31,32)/t23-,25-/m1/s1. The number of Topliss-reactive ketones (excluding diaryl/α,β-unsaturated/α-hetero) is 1. The summed E-state index contributed by atoms with van der Waals surface area (Å²) in [6, 6.07) is 0. The van der Waals surface area contributed by atoms with Gasteiger partial charge in [-0.05, 0) is 25.7 Å². The molecule has 0 bridgehead atoms. The molecule has 0 rings (SSSR count). The Labute approximate surface area is 203 Å². The second-order valence-corrected chi connectivity index (χ2v) is 8.85. The van der Waals surface area contributed by atoms with Crippen molar-refractivity contribution in [3.63, 3.8) is 0 Å². The van der Waals surface area contributed by atoms with E-state index in [-0.39, 0.29) is 6.42 Å². The molecule has 0 aromatic heterocycles. The number of carbonyl (C=O) groups is 5. The number of unbranched alkanes of at least 4 members (excludes halogenated alkanes) is 8. The first-order valence-corrected chi connectivity index (χ1v) is 12.4. The average molecular weight is 486 g/mol. The average Bonchev–Trinajstić information content (AvgIpc) is 2.74. The lowest BCUT2D eigenvalue weighted by molar-refractivity contribution is -0.170. The Balaban J connectivity index is 4.65. The van der Waals surface area contributed by atoms with Gasteiger partial charge in [-0.25, -0.2) is 4.79 Å². The Hall–Kier alpha value is -2.45. The normalized spacial score (nSPS) is 13.4. The third-order valence-electron chi connectivity index (χ3n) is 5.62. The number of hydrogen-bond acceptors (Lipinski definition) is 7. The highest BCUT2D eigenvalue weighted by molar-refractivity contribution is 5.87. The molecule has 9 heteroatoms. The lowest BCUT2D eigenvalue weighted by atomic mass is 9.88. The molecule has 0 aliphatic heterocycles. The van der Waals surface area contributed by atoms with Crippen LogP contribution in [0.5, 0.6) is 0 Å². The molecule has 0 aliphatic rings. The van der Waals surface area contributed by atoms with Crippen molar-refractivity contribution in [3.05, 3.63) is 0 Å². The Morgan fingerprint density at radius 1 is 0.794 bits per heavy atom. The van der Waals surface area contributed by atoms with Crippen molar-refractivity contribution < 1.29 is 38.6 Å². The first-order chi connectivity index (χ1) is 16.0. The summed E-state index contributed by atoms with van der Waals surface area (Å²) in [4.78, 5) is 58.7. The highest BCUT2D eigenvalue weighted by Gasteiger charge is 2.50. The fourth-order valence-corrected chi connectivity index (χ4v) is 3.83. The van der Waals surface area contributed by atoms with Gasteiger partial charge >= 0.3 is 17.9 Å². The van der Waals surface area contributed by atoms with Crippen LogP contribution in [0.4, 0.5) is 0 Å². The van der Waals surface area contributed by atoms with E-state index in [4.69, 9.17) is 9.47 Å². The van der Waals surface area contributed by atoms with Crippen molar-refractivity contribution in [2.24, 2.45) is 0 Å². The van der Waals surface area contributed by atoms with Gasteiger partial charge in [0.15, 0.2) is 0 Å². The second kappa shape index (κ2) is 18.0. The fraction of sp³-hybridized carbons (Fsp3) is 0.800. The minimum atomic E-state index is -2.07. The van der Waals surface area contributed by atoms with Crippen molar-refractivity contribution >= 4 is 29.6 Å². The molecular weight excluding hydrogens is 442 g/mol. The van der Waals surface area contributed by atoms with Crippen LogP contribution < -0.4 is 5.32 Å². The van der Waals surface area contributed by atoms with E-state index in [1.54, 1.807) is 0 Å². The van der Waals surface area contributed by atoms with Crippen LogP contribution in [-0.4, -0.2) is 53.0 Å². The van der Waals surface area contributed by atoms with Crippen molar-refractivity contribution in [2.45, 2.75) is 123 Å². The van der Waals surface area contributed by atoms with Gasteiger partial charge in [-0.15, -0.1) is 0 Å². The predicted octanol–water partition coefficient (Wildman–Crippen LogP) is 4.10. The Bertz CT molecular complexity index is 663. The van der Waals surface area contributed by atoms with E-state index in [0.717, 1.165) is 72.1 Å². The van der Waals surface area contributed by atoms with Crippen molar-refractivity contribution in [1.82, 2.24) is 5.32 Å². The van der Waals surface area contributed by atoms with Crippen LogP contribution in [0, 0.1) is 0 Å². The number of aliphatic carboxylic acids is 1. The van der Waals surface area contributed by atoms with Gasteiger partial charge in [-0.3, -0.25) is 19.2 Å². The van der Waals surface area contributed by atoms with E-state index < -0.39 is 42.1 Å². The molecule has 0 aliphatic carbocycles. The van der Waals surface area contributed by atoms with Gasteiger partial charge in [0.2, 0.25) is 11.4 Å². The molecule has 2 N–H and O–H groups in total. The second-order valence-electron chi connectivity index (χ2n) is 8.85. The molecule has 196 valence electrons. The molecule has 34 heavy (non-hydrogen) atoms. The van der Waals surface area contributed by atoms with E-state index in [9.17, 15) is 29.1 Å². The van der Waals surface area contributed by atoms with Gasteiger partial charge in [0.25, 0.3) is 0 Å². The molecule has 0 saturated carbocycles. The zero-order valence-corrected chi connectivity index (χ0v) is 21.3. The minimum Gasteiger partial charge on any atom is -0.479 e. The zero-order valence-electron chi connectivity index (χ0n) is 21.3. The highest BCUT2D eigenvalue weighted by atomic mass is 16.6. The first-order valence-electron chi connectivity index (χ1n) is 12.4. The largest absolute Gasteiger partial charge is 0.479 e. The molecule has 0 fully saturated rings. The maximum Gasteiger partial charge on any atom is 0.336 e. The molecule has 0 spiro atoms. The van der Waals surface area contributed by atoms with Gasteiger partial charge in [0, 0.05) is 33.6 Å². The summed E-state index contributed by atoms with van der Waals surface area (Å²) < 4.78 is 10.2. The number of carboxylic acid groups (broad SMARTS) is 1. The molecule has 0 unspecified atom stereocenters. The summed E-state index contributed by atoms with van der Waals surface area (Å²) in [6.07, 6.45) is 9.69. The van der Waals surface area contributed by atoms with Gasteiger partial charge in [-0.2, -0.15) is 0 Å².